The van der Waals surface area contributed by atoms with Crippen molar-refractivity contribution in [2.45, 2.75) is 4.90 Å². The minimum Gasteiger partial charge on any atom is -0.378 e. The van der Waals surface area contributed by atoms with Crippen LogP contribution in [0.4, 0.5) is 5.69 Å². The third kappa shape index (κ3) is 2.70. The minimum absolute atomic E-state index is 0.103. The van der Waals surface area contributed by atoms with Crippen LogP contribution in [0.25, 0.3) is 22.2 Å². The van der Waals surface area contributed by atoms with Gasteiger partial charge in [0.05, 0.1) is 4.90 Å². The van der Waals surface area contributed by atoms with Gasteiger partial charge in [-0.05, 0) is 42.0 Å². The summed E-state index contributed by atoms with van der Waals surface area (Å²) >= 11 is 0. The maximum Gasteiger partial charge on any atom is 0.294 e. The zero-order chi connectivity index (χ0) is 15.9. The number of benzene rings is 2. The van der Waals surface area contributed by atoms with Crippen LogP contribution in [0.5, 0.6) is 0 Å². The monoisotopic (exact) mass is 316 g/mol. The molecule has 0 bridgehead atoms. The van der Waals surface area contributed by atoms with Crippen molar-refractivity contribution in [1.82, 2.24) is 4.98 Å². The Balaban J connectivity index is 2.05. The van der Waals surface area contributed by atoms with Gasteiger partial charge in [-0.3, -0.25) is 4.55 Å². The Morgan fingerprint density at radius 3 is 2.27 bits per heavy atom. The Bertz CT molecular complexity index is 926. The molecule has 0 atom stereocenters. The molecule has 2 N–H and O–H groups in total. The second-order valence-electron chi connectivity index (χ2n) is 5.35. The Labute approximate surface area is 128 Å². The summed E-state index contributed by atoms with van der Waals surface area (Å²) in [6.45, 7) is 0. The van der Waals surface area contributed by atoms with Gasteiger partial charge in [0.25, 0.3) is 10.1 Å². The maximum absolute atomic E-state index is 11.2. The lowest BCUT2D eigenvalue weighted by atomic mass is 10.1. The standard InChI is InChI=1S/C16H16N2O3S/c1-18(2)13-5-3-11(4-6-13)16-10-12-9-14(22(19,20)21)7-8-15(12)17-16/h3-10,17H,1-2H3,(H,19,20,21). The first-order valence-corrected chi connectivity index (χ1v) is 8.16. The lowest BCUT2D eigenvalue weighted by Crippen LogP contribution is -2.07. The van der Waals surface area contributed by atoms with Crippen LogP contribution in [-0.4, -0.2) is 32.0 Å². The molecule has 1 aromatic heterocycles. The first-order valence-electron chi connectivity index (χ1n) is 6.72. The molecule has 0 saturated heterocycles. The Morgan fingerprint density at radius 1 is 1.00 bits per heavy atom. The van der Waals surface area contributed by atoms with E-state index in [1.54, 1.807) is 6.07 Å². The number of rotatable bonds is 3. The van der Waals surface area contributed by atoms with E-state index in [1.165, 1.54) is 12.1 Å². The first-order chi connectivity index (χ1) is 10.3. The molecule has 114 valence electrons. The van der Waals surface area contributed by atoms with Crippen LogP contribution in [0, 0.1) is 0 Å². The van der Waals surface area contributed by atoms with Gasteiger partial charge < -0.3 is 9.88 Å². The number of anilines is 1. The molecule has 0 spiro atoms. The van der Waals surface area contributed by atoms with Crippen LogP contribution < -0.4 is 4.90 Å². The van der Waals surface area contributed by atoms with Gasteiger partial charge in [-0.2, -0.15) is 8.42 Å². The fraction of sp³-hybridized carbons (Fsp3) is 0.125. The van der Waals surface area contributed by atoms with Crippen molar-refractivity contribution < 1.29 is 13.0 Å². The molecule has 0 aliphatic carbocycles. The molecule has 0 fully saturated rings. The van der Waals surface area contributed by atoms with E-state index in [1.807, 2.05) is 49.3 Å². The molecule has 0 radical (unpaired) electrons. The summed E-state index contributed by atoms with van der Waals surface area (Å²) in [6, 6.07) is 14.4. The van der Waals surface area contributed by atoms with Gasteiger partial charge in [0.2, 0.25) is 0 Å². The predicted molar refractivity (Wildman–Crippen MR) is 87.9 cm³/mol. The summed E-state index contributed by atoms with van der Waals surface area (Å²) in [5.41, 5.74) is 3.83. The number of aromatic nitrogens is 1. The Kier molecular flexibility index (Phi) is 3.42. The average molecular weight is 316 g/mol. The summed E-state index contributed by atoms with van der Waals surface area (Å²) in [4.78, 5) is 5.17. The molecule has 6 heteroatoms. The van der Waals surface area contributed by atoms with Crippen molar-refractivity contribution in [1.29, 1.82) is 0 Å². The summed E-state index contributed by atoms with van der Waals surface area (Å²) < 4.78 is 31.5. The van der Waals surface area contributed by atoms with Gasteiger partial charge >= 0.3 is 0 Å². The summed E-state index contributed by atoms with van der Waals surface area (Å²) in [6.07, 6.45) is 0. The van der Waals surface area contributed by atoms with Gasteiger partial charge in [0, 0.05) is 36.4 Å². The van der Waals surface area contributed by atoms with Gasteiger partial charge in [0.15, 0.2) is 0 Å². The maximum atomic E-state index is 11.2. The molecule has 0 amide bonds. The first kappa shape index (κ1) is 14.6. The SMILES string of the molecule is CN(C)c1ccc(-c2cc3cc(S(=O)(=O)O)ccc3[nH]2)cc1. The van der Waals surface area contributed by atoms with E-state index in [4.69, 9.17) is 4.55 Å². The third-order valence-electron chi connectivity index (χ3n) is 3.58. The lowest BCUT2D eigenvalue weighted by Gasteiger charge is -2.12. The number of hydrogen-bond acceptors (Lipinski definition) is 3. The van der Waals surface area contributed by atoms with Gasteiger partial charge in [-0.15, -0.1) is 0 Å². The number of nitrogens with zero attached hydrogens (tertiary/aromatic N) is 1. The van der Waals surface area contributed by atoms with E-state index in [0.29, 0.717) is 0 Å². The number of H-pyrrole nitrogens is 1. The molecule has 1 heterocycles. The van der Waals surface area contributed by atoms with E-state index in [9.17, 15) is 8.42 Å². The lowest BCUT2D eigenvalue weighted by molar-refractivity contribution is 0.483. The van der Waals surface area contributed by atoms with E-state index < -0.39 is 10.1 Å². The number of aromatic amines is 1. The van der Waals surface area contributed by atoms with Crippen molar-refractivity contribution in [3.63, 3.8) is 0 Å². The zero-order valence-corrected chi connectivity index (χ0v) is 13.1. The zero-order valence-electron chi connectivity index (χ0n) is 12.2. The molecule has 0 aliphatic rings. The third-order valence-corrected chi connectivity index (χ3v) is 4.43. The van der Waals surface area contributed by atoms with Crippen molar-refractivity contribution in [3.8, 4) is 11.3 Å². The summed E-state index contributed by atoms with van der Waals surface area (Å²) in [5.74, 6) is 0. The molecule has 3 aromatic rings. The highest BCUT2D eigenvalue weighted by molar-refractivity contribution is 7.85. The van der Waals surface area contributed by atoms with Crippen LogP contribution in [0.1, 0.15) is 0 Å². The van der Waals surface area contributed by atoms with Crippen molar-refractivity contribution in [3.05, 3.63) is 48.5 Å². The molecule has 2 aromatic carbocycles. The van der Waals surface area contributed by atoms with Gasteiger partial charge in [-0.25, -0.2) is 0 Å². The van der Waals surface area contributed by atoms with Crippen LogP contribution in [-0.2, 0) is 10.1 Å². The van der Waals surface area contributed by atoms with E-state index >= 15 is 0 Å². The van der Waals surface area contributed by atoms with Gasteiger partial charge in [0.1, 0.15) is 0 Å². The van der Waals surface area contributed by atoms with Crippen molar-refractivity contribution in [2.24, 2.45) is 0 Å². The molecule has 0 aliphatic heterocycles. The average Bonchev–Trinajstić information content (AvgIpc) is 2.89. The molecule has 0 unspecified atom stereocenters. The molecular formula is C16H16N2O3S. The number of hydrogen-bond donors (Lipinski definition) is 2. The topological polar surface area (TPSA) is 73.4 Å². The normalized spacial score (nSPS) is 11.8. The molecular weight excluding hydrogens is 300 g/mol. The fourth-order valence-electron chi connectivity index (χ4n) is 2.37. The quantitative estimate of drug-likeness (QED) is 0.728. The van der Waals surface area contributed by atoms with Crippen LogP contribution in [0.3, 0.4) is 0 Å². The summed E-state index contributed by atoms with van der Waals surface area (Å²) in [7, 11) is -0.222. The molecule has 22 heavy (non-hydrogen) atoms. The van der Waals surface area contributed by atoms with Crippen LogP contribution in [0.15, 0.2) is 53.4 Å². The van der Waals surface area contributed by atoms with E-state index in [-0.39, 0.29) is 4.90 Å². The van der Waals surface area contributed by atoms with Crippen molar-refractivity contribution >= 4 is 26.7 Å². The fourth-order valence-corrected chi connectivity index (χ4v) is 2.88. The molecule has 0 saturated carbocycles. The molecule has 3 rings (SSSR count). The van der Waals surface area contributed by atoms with Crippen LogP contribution in [0.2, 0.25) is 0 Å². The highest BCUT2D eigenvalue weighted by atomic mass is 32.2. The van der Waals surface area contributed by atoms with Crippen LogP contribution >= 0.6 is 0 Å². The second kappa shape index (κ2) is 5.15. The largest absolute Gasteiger partial charge is 0.378 e. The van der Waals surface area contributed by atoms with Crippen molar-refractivity contribution in [2.75, 3.05) is 19.0 Å². The smallest absolute Gasteiger partial charge is 0.294 e. The Hall–Kier alpha value is -2.31. The minimum atomic E-state index is -4.18. The number of fused-ring (bicyclic) bond motifs is 1. The number of nitrogens with one attached hydrogen (secondary N) is 1. The highest BCUT2D eigenvalue weighted by Gasteiger charge is 2.11. The summed E-state index contributed by atoms with van der Waals surface area (Å²) in [5, 5.41) is 0.738. The predicted octanol–water partition coefficient (Wildman–Crippen LogP) is 3.15. The van der Waals surface area contributed by atoms with E-state index in [2.05, 4.69) is 4.98 Å². The van der Waals surface area contributed by atoms with Gasteiger partial charge in [-0.1, -0.05) is 12.1 Å². The Morgan fingerprint density at radius 2 is 1.68 bits per heavy atom. The highest BCUT2D eigenvalue weighted by Crippen LogP contribution is 2.27. The molecule has 5 nitrogen and oxygen atoms in total. The van der Waals surface area contributed by atoms with E-state index in [0.717, 1.165) is 27.8 Å². The second-order valence-corrected chi connectivity index (χ2v) is 6.77.